The maximum atomic E-state index is 12.9. The number of benzene rings is 1. The van der Waals surface area contributed by atoms with Crippen LogP contribution in [0.1, 0.15) is 19.8 Å². The van der Waals surface area contributed by atoms with Gasteiger partial charge in [-0.2, -0.15) is 0 Å². The highest BCUT2D eigenvalue weighted by molar-refractivity contribution is 5.97. The van der Waals surface area contributed by atoms with Crippen molar-refractivity contribution in [2.75, 3.05) is 11.9 Å². The Bertz CT molecular complexity index is 722. The van der Waals surface area contributed by atoms with Crippen molar-refractivity contribution in [1.29, 1.82) is 0 Å². The number of nitrogens with one attached hydrogen (secondary N) is 1. The molecule has 24 heavy (non-hydrogen) atoms. The molecule has 5 heteroatoms. The van der Waals surface area contributed by atoms with Gasteiger partial charge in [0.2, 0.25) is 5.91 Å². The van der Waals surface area contributed by atoms with Crippen LogP contribution in [-0.2, 0) is 9.59 Å². The molecule has 4 atom stereocenters. The lowest BCUT2D eigenvalue weighted by atomic mass is 9.82. The molecule has 2 bridgehead atoms. The highest BCUT2D eigenvalue weighted by atomic mass is 16.5. The Morgan fingerprint density at radius 3 is 2.50 bits per heavy atom. The molecule has 5 nitrogen and oxygen atoms in total. The smallest absolute Gasteiger partial charge is 0.307 e. The number of para-hydroxylation sites is 2. The SMILES string of the molecule is CCOc1ccccc1NC(=O)[C@H]1[C@H](C(=O)O)[C@H]2C=C[C@H]1C21CC1. The zero-order chi connectivity index (χ0) is 16.9. The molecule has 2 fully saturated rings. The lowest BCUT2D eigenvalue weighted by Gasteiger charge is -2.24. The van der Waals surface area contributed by atoms with Crippen LogP contribution in [0.4, 0.5) is 5.69 Å². The molecule has 2 saturated carbocycles. The van der Waals surface area contributed by atoms with Gasteiger partial charge in [0.15, 0.2) is 0 Å². The normalized spacial score (nSPS) is 31.2. The molecule has 0 radical (unpaired) electrons. The summed E-state index contributed by atoms with van der Waals surface area (Å²) < 4.78 is 5.55. The number of ether oxygens (including phenoxy) is 1. The molecule has 3 aliphatic rings. The molecular weight excluding hydrogens is 306 g/mol. The first-order valence-electron chi connectivity index (χ1n) is 8.52. The van der Waals surface area contributed by atoms with E-state index in [4.69, 9.17) is 4.74 Å². The molecule has 4 rings (SSSR count). The van der Waals surface area contributed by atoms with Crippen molar-refractivity contribution in [1.82, 2.24) is 0 Å². The number of carbonyl (C=O) groups is 2. The molecular formula is C19H21NO4. The van der Waals surface area contributed by atoms with Crippen molar-refractivity contribution in [2.24, 2.45) is 29.1 Å². The van der Waals surface area contributed by atoms with E-state index in [-0.39, 0.29) is 23.2 Å². The third-order valence-electron chi connectivity index (χ3n) is 5.87. The molecule has 0 aromatic heterocycles. The second kappa shape index (κ2) is 5.36. The van der Waals surface area contributed by atoms with E-state index >= 15 is 0 Å². The first-order valence-corrected chi connectivity index (χ1v) is 8.52. The first-order chi connectivity index (χ1) is 11.6. The Morgan fingerprint density at radius 1 is 1.21 bits per heavy atom. The Hall–Kier alpha value is -2.30. The van der Waals surface area contributed by atoms with Crippen molar-refractivity contribution in [2.45, 2.75) is 19.8 Å². The van der Waals surface area contributed by atoms with Gasteiger partial charge in [-0.05, 0) is 49.1 Å². The van der Waals surface area contributed by atoms with Gasteiger partial charge in [-0.3, -0.25) is 9.59 Å². The second-order valence-corrected chi connectivity index (χ2v) is 6.98. The summed E-state index contributed by atoms with van der Waals surface area (Å²) in [5.41, 5.74) is 0.634. The zero-order valence-electron chi connectivity index (χ0n) is 13.6. The van der Waals surface area contributed by atoms with Crippen LogP contribution in [0.15, 0.2) is 36.4 Å². The maximum absolute atomic E-state index is 12.9. The molecule has 1 aromatic rings. The molecule has 1 aromatic carbocycles. The number of hydrogen-bond acceptors (Lipinski definition) is 3. The van der Waals surface area contributed by atoms with Gasteiger partial charge < -0.3 is 15.2 Å². The number of anilines is 1. The van der Waals surface area contributed by atoms with Crippen LogP contribution in [0.2, 0.25) is 0 Å². The predicted molar refractivity (Wildman–Crippen MR) is 88.6 cm³/mol. The van der Waals surface area contributed by atoms with Gasteiger partial charge in [0.1, 0.15) is 5.75 Å². The van der Waals surface area contributed by atoms with E-state index in [0.717, 1.165) is 12.8 Å². The summed E-state index contributed by atoms with van der Waals surface area (Å²) in [6.45, 7) is 2.39. The lowest BCUT2D eigenvalue weighted by Crippen LogP contribution is -2.36. The van der Waals surface area contributed by atoms with Crippen LogP contribution >= 0.6 is 0 Å². The molecule has 0 saturated heterocycles. The Labute approximate surface area is 140 Å². The Kier molecular flexibility index (Phi) is 3.41. The fourth-order valence-corrected chi connectivity index (χ4v) is 4.76. The number of carbonyl (C=O) groups excluding carboxylic acids is 1. The van der Waals surface area contributed by atoms with Crippen LogP contribution in [-0.4, -0.2) is 23.6 Å². The minimum Gasteiger partial charge on any atom is -0.492 e. The summed E-state index contributed by atoms with van der Waals surface area (Å²) in [4.78, 5) is 24.7. The number of amides is 1. The van der Waals surface area contributed by atoms with E-state index in [1.807, 2.05) is 25.1 Å². The third kappa shape index (κ3) is 2.07. The van der Waals surface area contributed by atoms with Crippen LogP contribution in [0, 0.1) is 29.1 Å². The maximum Gasteiger partial charge on any atom is 0.307 e. The highest BCUT2D eigenvalue weighted by Crippen LogP contribution is 2.72. The lowest BCUT2D eigenvalue weighted by molar-refractivity contribution is -0.146. The van der Waals surface area contributed by atoms with Crippen LogP contribution < -0.4 is 10.1 Å². The largest absolute Gasteiger partial charge is 0.492 e. The molecule has 0 heterocycles. The number of hydrogen-bond donors (Lipinski definition) is 2. The minimum atomic E-state index is -0.864. The summed E-state index contributed by atoms with van der Waals surface area (Å²) in [5, 5.41) is 12.6. The number of rotatable bonds is 5. The third-order valence-corrected chi connectivity index (χ3v) is 5.87. The summed E-state index contributed by atoms with van der Waals surface area (Å²) in [6.07, 6.45) is 6.14. The molecule has 0 unspecified atom stereocenters. The van der Waals surface area contributed by atoms with Gasteiger partial charge in [0.25, 0.3) is 0 Å². The number of carboxylic acids is 1. The molecule has 126 valence electrons. The van der Waals surface area contributed by atoms with Crippen molar-refractivity contribution in [3.8, 4) is 5.75 Å². The standard InChI is InChI=1S/C19H21NO4/c1-2-24-14-6-4-3-5-13(14)20-17(21)15-11-7-8-12(16(15)18(22)23)19(11)9-10-19/h3-8,11-12,15-16H,2,9-10H2,1H3,(H,20,21)(H,22,23)/t11-,12-,15-,16-/m1/s1. The summed E-state index contributed by atoms with van der Waals surface area (Å²) >= 11 is 0. The predicted octanol–water partition coefficient (Wildman–Crippen LogP) is 2.94. The first kappa shape index (κ1) is 15.2. The average molecular weight is 327 g/mol. The van der Waals surface area contributed by atoms with Crippen molar-refractivity contribution >= 4 is 17.6 Å². The van der Waals surface area contributed by atoms with Gasteiger partial charge in [0.05, 0.1) is 24.1 Å². The van der Waals surface area contributed by atoms with Crippen LogP contribution in [0.3, 0.4) is 0 Å². The average Bonchev–Trinajstić information content (AvgIpc) is 3.22. The van der Waals surface area contributed by atoms with Gasteiger partial charge in [-0.25, -0.2) is 0 Å². The number of carboxylic acid groups (broad SMARTS) is 1. The molecule has 1 amide bonds. The van der Waals surface area contributed by atoms with E-state index in [2.05, 4.69) is 11.4 Å². The van der Waals surface area contributed by atoms with E-state index in [0.29, 0.717) is 18.0 Å². The van der Waals surface area contributed by atoms with Crippen LogP contribution in [0.25, 0.3) is 0 Å². The van der Waals surface area contributed by atoms with Gasteiger partial charge in [-0.15, -0.1) is 0 Å². The summed E-state index contributed by atoms with van der Waals surface area (Å²) in [7, 11) is 0. The summed E-state index contributed by atoms with van der Waals surface area (Å²) in [6, 6.07) is 7.27. The quantitative estimate of drug-likeness (QED) is 0.815. The molecule has 0 aliphatic heterocycles. The Balaban J connectivity index is 1.61. The van der Waals surface area contributed by atoms with Gasteiger partial charge in [-0.1, -0.05) is 24.3 Å². The topological polar surface area (TPSA) is 75.6 Å². The van der Waals surface area contributed by atoms with Crippen molar-refractivity contribution < 1.29 is 19.4 Å². The molecule has 3 aliphatic carbocycles. The second-order valence-electron chi connectivity index (χ2n) is 6.98. The zero-order valence-corrected chi connectivity index (χ0v) is 13.6. The van der Waals surface area contributed by atoms with E-state index < -0.39 is 17.8 Å². The highest BCUT2D eigenvalue weighted by Gasteiger charge is 2.70. The number of aliphatic carboxylic acids is 1. The van der Waals surface area contributed by atoms with Gasteiger partial charge in [0, 0.05) is 0 Å². The minimum absolute atomic E-state index is 0.00196. The van der Waals surface area contributed by atoms with E-state index in [9.17, 15) is 14.7 Å². The fraction of sp³-hybridized carbons (Fsp3) is 0.474. The van der Waals surface area contributed by atoms with Gasteiger partial charge >= 0.3 is 5.97 Å². The number of allylic oxidation sites excluding steroid dienone is 2. The monoisotopic (exact) mass is 327 g/mol. The molecule has 1 spiro atoms. The van der Waals surface area contributed by atoms with Crippen molar-refractivity contribution in [3.63, 3.8) is 0 Å². The summed E-state index contributed by atoms with van der Waals surface area (Å²) in [5.74, 6) is -1.55. The molecule has 2 N–H and O–H groups in total. The fourth-order valence-electron chi connectivity index (χ4n) is 4.76. The van der Waals surface area contributed by atoms with Crippen LogP contribution in [0.5, 0.6) is 5.75 Å². The van der Waals surface area contributed by atoms with E-state index in [1.165, 1.54) is 0 Å². The van der Waals surface area contributed by atoms with Crippen molar-refractivity contribution in [3.05, 3.63) is 36.4 Å². The van der Waals surface area contributed by atoms with E-state index in [1.54, 1.807) is 12.1 Å². The Morgan fingerprint density at radius 2 is 1.88 bits per heavy atom.